The third-order valence-corrected chi connectivity index (χ3v) is 2.70. The van der Waals surface area contributed by atoms with Gasteiger partial charge in [-0.2, -0.15) is 5.10 Å². The minimum Gasteiger partial charge on any atom is -0.492 e. The maximum Gasteiger partial charge on any atom is 0.192 e. The molecule has 1 unspecified atom stereocenters. The van der Waals surface area contributed by atoms with Gasteiger partial charge in [-0.3, -0.25) is 5.10 Å². The van der Waals surface area contributed by atoms with Crippen molar-refractivity contribution in [2.24, 2.45) is 0 Å². The molecular weight excluding hydrogens is 264 g/mol. The van der Waals surface area contributed by atoms with Gasteiger partial charge in [0.15, 0.2) is 10.6 Å². The van der Waals surface area contributed by atoms with Gasteiger partial charge in [0.2, 0.25) is 0 Å². The lowest BCUT2D eigenvalue weighted by atomic mass is 10.2. The smallest absolute Gasteiger partial charge is 0.192 e. The van der Waals surface area contributed by atoms with Crippen molar-refractivity contribution in [1.29, 1.82) is 0 Å². The van der Waals surface area contributed by atoms with Gasteiger partial charge in [0.1, 0.15) is 11.9 Å². The number of nitrogens with one attached hydrogen (secondary N) is 3. The summed E-state index contributed by atoms with van der Waals surface area (Å²) in [7, 11) is 0. The second kappa shape index (κ2) is 6.35. The standard InChI is InChI=1S/C12H16N4O2S/c1-2-18-10-6-4-3-5-8(10)13-7-9(17)11-14-12(19)16-15-11/h3-6,9,13,17H,2,7H2,1H3,(H2,14,15,16,19). The Bertz CT molecular complexity index is 581. The third-order valence-electron chi connectivity index (χ3n) is 2.51. The van der Waals surface area contributed by atoms with Crippen LogP contribution in [0.2, 0.25) is 0 Å². The topological polar surface area (TPSA) is 86.0 Å². The van der Waals surface area contributed by atoms with Crippen LogP contribution in [0, 0.1) is 4.77 Å². The molecule has 1 aromatic heterocycles. The Morgan fingerprint density at radius 1 is 1.47 bits per heavy atom. The molecule has 0 saturated heterocycles. The van der Waals surface area contributed by atoms with E-state index in [0.29, 0.717) is 23.7 Å². The number of aliphatic hydroxyl groups is 1. The summed E-state index contributed by atoms with van der Waals surface area (Å²) in [5.41, 5.74) is 0.831. The zero-order valence-corrected chi connectivity index (χ0v) is 11.3. The zero-order chi connectivity index (χ0) is 13.7. The Hall–Kier alpha value is -1.86. The molecule has 102 valence electrons. The zero-order valence-electron chi connectivity index (χ0n) is 10.5. The first-order valence-corrected chi connectivity index (χ1v) is 6.40. The summed E-state index contributed by atoms with van der Waals surface area (Å²) in [5.74, 6) is 1.17. The number of ether oxygens (including phenoxy) is 1. The molecule has 0 aliphatic heterocycles. The molecular formula is C12H16N4O2S. The number of aromatic nitrogens is 3. The summed E-state index contributed by atoms with van der Waals surface area (Å²) < 4.78 is 5.88. The van der Waals surface area contributed by atoms with Crippen molar-refractivity contribution in [3.63, 3.8) is 0 Å². The SMILES string of the molecule is CCOc1ccccc1NCC(O)c1n[nH]c(=S)[nH]1. The molecule has 1 atom stereocenters. The molecule has 6 nitrogen and oxygen atoms in total. The number of para-hydroxylation sites is 2. The van der Waals surface area contributed by atoms with Gasteiger partial charge in [0.05, 0.1) is 12.3 Å². The maximum absolute atomic E-state index is 9.95. The highest BCUT2D eigenvalue weighted by atomic mass is 32.1. The Morgan fingerprint density at radius 2 is 2.26 bits per heavy atom. The fourth-order valence-corrected chi connectivity index (χ4v) is 1.79. The average molecular weight is 280 g/mol. The number of hydrogen-bond acceptors (Lipinski definition) is 5. The van der Waals surface area contributed by atoms with Crippen LogP contribution in [-0.2, 0) is 0 Å². The first-order valence-electron chi connectivity index (χ1n) is 5.99. The van der Waals surface area contributed by atoms with Crippen LogP contribution in [0.15, 0.2) is 24.3 Å². The highest BCUT2D eigenvalue weighted by Crippen LogP contribution is 2.24. The Balaban J connectivity index is 2.00. The Labute approximate surface area is 115 Å². The molecule has 2 aromatic rings. The van der Waals surface area contributed by atoms with Gasteiger partial charge in [-0.05, 0) is 31.3 Å². The van der Waals surface area contributed by atoms with E-state index in [2.05, 4.69) is 20.5 Å². The number of nitrogens with zero attached hydrogens (tertiary/aromatic N) is 1. The van der Waals surface area contributed by atoms with Crippen molar-refractivity contribution in [1.82, 2.24) is 15.2 Å². The monoisotopic (exact) mass is 280 g/mol. The molecule has 0 spiro atoms. The lowest BCUT2D eigenvalue weighted by molar-refractivity contribution is 0.181. The number of aliphatic hydroxyl groups excluding tert-OH is 1. The van der Waals surface area contributed by atoms with Crippen molar-refractivity contribution in [3.05, 3.63) is 34.9 Å². The summed E-state index contributed by atoms with van der Waals surface area (Å²) in [4.78, 5) is 2.78. The predicted molar refractivity (Wildman–Crippen MR) is 74.8 cm³/mol. The Morgan fingerprint density at radius 3 is 2.95 bits per heavy atom. The van der Waals surface area contributed by atoms with E-state index in [0.717, 1.165) is 11.4 Å². The number of hydrogen-bond donors (Lipinski definition) is 4. The largest absolute Gasteiger partial charge is 0.492 e. The highest BCUT2D eigenvalue weighted by molar-refractivity contribution is 7.71. The molecule has 7 heteroatoms. The minimum atomic E-state index is -0.775. The molecule has 1 aromatic carbocycles. The third kappa shape index (κ3) is 3.55. The van der Waals surface area contributed by atoms with E-state index in [1.165, 1.54) is 0 Å². The summed E-state index contributed by atoms with van der Waals surface area (Å²) in [6, 6.07) is 7.57. The van der Waals surface area contributed by atoms with Crippen LogP contribution in [-0.4, -0.2) is 33.4 Å². The first-order chi connectivity index (χ1) is 9.20. The van der Waals surface area contributed by atoms with Crippen LogP contribution in [0.5, 0.6) is 5.75 Å². The van der Waals surface area contributed by atoms with Crippen LogP contribution < -0.4 is 10.1 Å². The van der Waals surface area contributed by atoms with Gasteiger partial charge < -0.3 is 20.1 Å². The van der Waals surface area contributed by atoms with Gasteiger partial charge in [-0.25, -0.2) is 0 Å². The van der Waals surface area contributed by atoms with Crippen LogP contribution in [0.3, 0.4) is 0 Å². The second-order valence-electron chi connectivity index (χ2n) is 3.89. The molecule has 0 aliphatic carbocycles. The second-order valence-corrected chi connectivity index (χ2v) is 4.30. The van der Waals surface area contributed by atoms with Gasteiger partial charge in [-0.1, -0.05) is 12.1 Å². The number of anilines is 1. The molecule has 0 bridgehead atoms. The maximum atomic E-state index is 9.95. The Kier molecular flexibility index (Phi) is 4.53. The van der Waals surface area contributed by atoms with Crippen molar-refractivity contribution in [3.8, 4) is 5.75 Å². The molecule has 2 rings (SSSR count). The fraction of sp³-hybridized carbons (Fsp3) is 0.333. The number of benzene rings is 1. The van der Waals surface area contributed by atoms with Crippen molar-refractivity contribution < 1.29 is 9.84 Å². The van der Waals surface area contributed by atoms with E-state index in [1.54, 1.807) is 0 Å². The molecule has 0 fully saturated rings. The minimum absolute atomic E-state index is 0.306. The van der Waals surface area contributed by atoms with Crippen molar-refractivity contribution >= 4 is 17.9 Å². The lowest BCUT2D eigenvalue weighted by Crippen LogP contribution is -2.14. The summed E-state index contributed by atoms with van der Waals surface area (Å²) in [5, 5.41) is 19.5. The summed E-state index contributed by atoms with van der Waals surface area (Å²) in [6.45, 7) is 2.82. The van der Waals surface area contributed by atoms with E-state index < -0.39 is 6.10 Å². The molecule has 0 radical (unpaired) electrons. The normalized spacial score (nSPS) is 12.1. The fourth-order valence-electron chi connectivity index (χ4n) is 1.64. The van der Waals surface area contributed by atoms with Crippen LogP contribution >= 0.6 is 12.2 Å². The average Bonchev–Trinajstić information content (AvgIpc) is 2.84. The first kappa shape index (κ1) is 13.6. The van der Waals surface area contributed by atoms with E-state index in [1.807, 2.05) is 31.2 Å². The molecule has 19 heavy (non-hydrogen) atoms. The number of rotatable bonds is 6. The van der Waals surface area contributed by atoms with Gasteiger partial charge in [-0.15, -0.1) is 0 Å². The van der Waals surface area contributed by atoms with Gasteiger partial charge in [0.25, 0.3) is 0 Å². The summed E-state index contributed by atoms with van der Waals surface area (Å²) >= 11 is 4.86. The summed E-state index contributed by atoms with van der Waals surface area (Å²) in [6.07, 6.45) is -0.775. The highest BCUT2D eigenvalue weighted by Gasteiger charge is 2.11. The van der Waals surface area contributed by atoms with E-state index in [9.17, 15) is 5.11 Å². The quantitative estimate of drug-likeness (QED) is 0.608. The van der Waals surface area contributed by atoms with Crippen molar-refractivity contribution in [2.75, 3.05) is 18.5 Å². The van der Waals surface area contributed by atoms with Gasteiger partial charge >= 0.3 is 0 Å². The van der Waals surface area contributed by atoms with E-state index in [-0.39, 0.29) is 0 Å². The number of H-pyrrole nitrogens is 2. The van der Waals surface area contributed by atoms with Crippen LogP contribution in [0.25, 0.3) is 0 Å². The molecule has 0 aliphatic rings. The lowest BCUT2D eigenvalue weighted by Gasteiger charge is -2.14. The van der Waals surface area contributed by atoms with E-state index >= 15 is 0 Å². The molecule has 0 saturated carbocycles. The number of aromatic amines is 2. The van der Waals surface area contributed by atoms with Gasteiger partial charge in [0, 0.05) is 6.54 Å². The molecule has 1 heterocycles. The molecule has 0 amide bonds. The molecule has 4 N–H and O–H groups in total. The van der Waals surface area contributed by atoms with Crippen molar-refractivity contribution in [2.45, 2.75) is 13.0 Å². The van der Waals surface area contributed by atoms with E-state index in [4.69, 9.17) is 17.0 Å². The van der Waals surface area contributed by atoms with Crippen LogP contribution in [0.4, 0.5) is 5.69 Å². The predicted octanol–water partition coefficient (Wildman–Crippen LogP) is 2.01. The van der Waals surface area contributed by atoms with Crippen LogP contribution in [0.1, 0.15) is 18.9 Å².